The quantitative estimate of drug-likeness (QED) is 0.765. The van der Waals surface area contributed by atoms with E-state index in [1.165, 1.54) is 12.8 Å². The summed E-state index contributed by atoms with van der Waals surface area (Å²) in [7, 11) is -1.36. The third-order valence-corrected chi connectivity index (χ3v) is 4.10. The number of nitrogens with two attached hydrogens (primary N) is 1. The second-order valence-electron chi connectivity index (χ2n) is 4.28. The van der Waals surface area contributed by atoms with Crippen molar-refractivity contribution >= 4 is 22.4 Å². The first-order chi connectivity index (χ1) is 8.16. The molecule has 4 nitrogen and oxygen atoms in total. The Morgan fingerprint density at radius 3 is 2.76 bits per heavy atom. The maximum atomic E-state index is 11.9. The van der Waals surface area contributed by atoms with Crippen molar-refractivity contribution in [3.8, 4) is 0 Å². The van der Waals surface area contributed by atoms with Crippen LogP contribution >= 0.6 is 0 Å². The van der Waals surface area contributed by atoms with Crippen molar-refractivity contribution in [1.82, 2.24) is 5.32 Å². The van der Waals surface area contributed by atoms with Crippen LogP contribution in [0.1, 0.15) is 12.8 Å². The van der Waals surface area contributed by atoms with Gasteiger partial charge in [0.2, 0.25) is 5.91 Å². The van der Waals surface area contributed by atoms with Gasteiger partial charge in [-0.05, 0) is 30.9 Å². The van der Waals surface area contributed by atoms with E-state index in [-0.39, 0.29) is 11.7 Å². The summed E-state index contributed by atoms with van der Waals surface area (Å²) in [5.41, 5.74) is 6.18. The summed E-state index contributed by atoms with van der Waals surface area (Å²) in [6.45, 7) is 0.709. The number of benzene rings is 1. The van der Waals surface area contributed by atoms with E-state index in [2.05, 4.69) is 5.32 Å². The van der Waals surface area contributed by atoms with Gasteiger partial charge < -0.3 is 11.1 Å². The first-order valence-electron chi connectivity index (χ1n) is 5.66. The zero-order valence-corrected chi connectivity index (χ0v) is 10.3. The number of para-hydroxylation sites is 1. The molecule has 0 spiro atoms. The van der Waals surface area contributed by atoms with E-state index < -0.39 is 10.8 Å². The Kier molecular flexibility index (Phi) is 3.78. The molecule has 1 aliphatic carbocycles. The lowest BCUT2D eigenvalue weighted by atomic mass is 10.3. The van der Waals surface area contributed by atoms with Gasteiger partial charge in [0.25, 0.3) is 0 Å². The van der Waals surface area contributed by atoms with Gasteiger partial charge in [-0.1, -0.05) is 12.1 Å². The van der Waals surface area contributed by atoms with E-state index in [1.54, 1.807) is 24.3 Å². The molecule has 1 aromatic rings. The maximum absolute atomic E-state index is 11.9. The fourth-order valence-electron chi connectivity index (χ4n) is 1.52. The Bertz CT molecular complexity index is 444. The minimum absolute atomic E-state index is 0.0130. The SMILES string of the molecule is Nc1ccccc1S(=O)CC(=O)NCC1CC1. The molecule has 1 aliphatic rings. The van der Waals surface area contributed by atoms with Crippen LogP contribution < -0.4 is 11.1 Å². The standard InChI is InChI=1S/C12H16N2O2S/c13-10-3-1-2-4-11(10)17(16)8-12(15)14-7-9-5-6-9/h1-4,9H,5-8,13H2,(H,14,15). The highest BCUT2D eigenvalue weighted by Crippen LogP contribution is 2.27. The molecule has 0 aliphatic heterocycles. The fraction of sp³-hybridized carbons (Fsp3) is 0.417. The molecule has 1 amide bonds. The van der Waals surface area contributed by atoms with Crippen LogP contribution in [0.25, 0.3) is 0 Å². The number of hydrogen-bond donors (Lipinski definition) is 2. The highest BCUT2D eigenvalue weighted by Gasteiger charge is 2.22. The first-order valence-corrected chi connectivity index (χ1v) is 6.98. The van der Waals surface area contributed by atoms with Crippen LogP contribution in [-0.2, 0) is 15.6 Å². The lowest BCUT2D eigenvalue weighted by molar-refractivity contribution is -0.118. The van der Waals surface area contributed by atoms with E-state index in [9.17, 15) is 9.00 Å². The van der Waals surface area contributed by atoms with Gasteiger partial charge in [-0.2, -0.15) is 0 Å². The lowest BCUT2D eigenvalue weighted by Crippen LogP contribution is -2.30. The molecule has 0 aromatic heterocycles. The zero-order valence-electron chi connectivity index (χ0n) is 9.52. The summed E-state index contributed by atoms with van der Waals surface area (Å²) < 4.78 is 11.9. The summed E-state index contributed by atoms with van der Waals surface area (Å²) in [5, 5.41) is 2.79. The van der Waals surface area contributed by atoms with Gasteiger partial charge in [-0.15, -0.1) is 0 Å². The van der Waals surface area contributed by atoms with Crippen LogP contribution in [0, 0.1) is 5.92 Å². The lowest BCUT2D eigenvalue weighted by Gasteiger charge is -2.06. The molecule has 0 heterocycles. The number of amides is 1. The number of carbonyl (C=O) groups is 1. The van der Waals surface area contributed by atoms with Crippen molar-refractivity contribution in [2.24, 2.45) is 5.92 Å². The van der Waals surface area contributed by atoms with Crippen molar-refractivity contribution in [3.05, 3.63) is 24.3 Å². The molecule has 0 radical (unpaired) electrons. The van der Waals surface area contributed by atoms with E-state index in [0.29, 0.717) is 23.0 Å². The molecule has 1 aromatic carbocycles. The van der Waals surface area contributed by atoms with Gasteiger partial charge >= 0.3 is 0 Å². The third-order valence-electron chi connectivity index (χ3n) is 2.71. The highest BCUT2D eigenvalue weighted by atomic mass is 32.2. The predicted octanol–water partition coefficient (Wildman–Crippen LogP) is 0.903. The first kappa shape index (κ1) is 12.1. The number of carbonyl (C=O) groups excluding carboxylic acids is 1. The van der Waals surface area contributed by atoms with Crippen LogP contribution in [0.15, 0.2) is 29.2 Å². The Morgan fingerprint density at radius 1 is 1.41 bits per heavy atom. The monoisotopic (exact) mass is 252 g/mol. The van der Waals surface area contributed by atoms with Gasteiger partial charge in [0.15, 0.2) is 0 Å². The molecule has 1 atom stereocenters. The summed E-state index contributed by atoms with van der Waals surface area (Å²) in [6, 6.07) is 6.93. The Hall–Kier alpha value is -1.36. The molecule has 17 heavy (non-hydrogen) atoms. The average molecular weight is 252 g/mol. The number of rotatable bonds is 5. The summed E-state index contributed by atoms with van der Waals surface area (Å²) in [6.07, 6.45) is 2.38. The van der Waals surface area contributed by atoms with E-state index in [4.69, 9.17) is 5.73 Å². The van der Waals surface area contributed by atoms with Crippen molar-refractivity contribution in [2.75, 3.05) is 18.0 Å². The van der Waals surface area contributed by atoms with Gasteiger partial charge in [0.1, 0.15) is 5.75 Å². The summed E-state index contributed by atoms with van der Waals surface area (Å²) in [4.78, 5) is 12.1. The molecule has 0 saturated heterocycles. The van der Waals surface area contributed by atoms with Crippen LogP contribution in [0.2, 0.25) is 0 Å². The van der Waals surface area contributed by atoms with Crippen molar-refractivity contribution in [2.45, 2.75) is 17.7 Å². The third kappa shape index (κ3) is 3.56. The van der Waals surface area contributed by atoms with Crippen molar-refractivity contribution < 1.29 is 9.00 Å². The fourth-order valence-corrected chi connectivity index (χ4v) is 2.57. The van der Waals surface area contributed by atoms with Crippen molar-refractivity contribution in [1.29, 1.82) is 0 Å². The van der Waals surface area contributed by atoms with Crippen LogP contribution in [0.3, 0.4) is 0 Å². The number of nitrogens with one attached hydrogen (secondary N) is 1. The average Bonchev–Trinajstić information content (AvgIpc) is 3.10. The predicted molar refractivity (Wildman–Crippen MR) is 67.9 cm³/mol. The molecule has 1 unspecified atom stereocenters. The maximum Gasteiger partial charge on any atom is 0.233 e. The number of nitrogen functional groups attached to an aromatic ring is 1. The van der Waals surface area contributed by atoms with Crippen LogP contribution in [0.4, 0.5) is 5.69 Å². The summed E-state index contributed by atoms with van der Waals surface area (Å²) in [5.74, 6) is 0.452. The van der Waals surface area contributed by atoms with Crippen molar-refractivity contribution in [3.63, 3.8) is 0 Å². The van der Waals surface area contributed by atoms with Crippen LogP contribution in [0.5, 0.6) is 0 Å². The second kappa shape index (κ2) is 5.31. The molecule has 2 rings (SSSR count). The van der Waals surface area contributed by atoms with Gasteiger partial charge in [0.05, 0.1) is 15.7 Å². The van der Waals surface area contributed by atoms with E-state index in [1.807, 2.05) is 0 Å². The second-order valence-corrected chi connectivity index (χ2v) is 5.69. The highest BCUT2D eigenvalue weighted by molar-refractivity contribution is 7.86. The Labute approximate surface area is 103 Å². The van der Waals surface area contributed by atoms with Crippen LogP contribution in [-0.4, -0.2) is 22.4 Å². The Balaban J connectivity index is 1.87. The molecular formula is C12H16N2O2S. The van der Waals surface area contributed by atoms with Gasteiger partial charge in [-0.25, -0.2) is 0 Å². The van der Waals surface area contributed by atoms with Gasteiger partial charge in [0, 0.05) is 12.2 Å². The summed E-state index contributed by atoms with van der Waals surface area (Å²) >= 11 is 0. The zero-order chi connectivity index (χ0) is 12.3. The number of anilines is 1. The molecule has 1 saturated carbocycles. The Morgan fingerprint density at radius 2 is 2.12 bits per heavy atom. The topological polar surface area (TPSA) is 72.2 Å². The minimum atomic E-state index is -1.36. The smallest absolute Gasteiger partial charge is 0.233 e. The van der Waals surface area contributed by atoms with E-state index >= 15 is 0 Å². The molecule has 92 valence electrons. The van der Waals surface area contributed by atoms with E-state index in [0.717, 1.165) is 0 Å². The normalized spacial score (nSPS) is 16.5. The molecule has 0 bridgehead atoms. The molecule has 5 heteroatoms. The number of hydrogen-bond acceptors (Lipinski definition) is 3. The van der Waals surface area contributed by atoms with Gasteiger partial charge in [-0.3, -0.25) is 9.00 Å². The minimum Gasteiger partial charge on any atom is -0.398 e. The molecular weight excluding hydrogens is 236 g/mol. The molecule has 3 N–H and O–H groups in total. The molecule has 1 fully saturated rings. The largest absolute Gasteiger partial charge is 0.398 e.